The Kier molecular flexibility index (Phi) is 1390. The molecule has 0 saturated heterocycles. The Hall–Kier alpha value is 2.12. The van der Waals surface area contributed by atoms with Gasteiger partial charge in [0, 0.05) is 0 Å². The van der Waals surface area contributed by atoms with Crippen molar-refractivity contribution in [1.82, 2.24) is 0 Å². The molecule has 9 heavy (non-hydrogen) atoms. The first-order valence-electron chi connectivity index (χ1n) is 0.305. The molecule has 0 aliphatic heterocycles. The van der Waals surface area contributed by atoms with Gasteiger partial charge in [-0.25, -0.2) is 0 Å². The Morgan fingerprint density at radius 2 is 0.778 bits per heavy atom. The SMILES string of the molecule is Cl.Cl.Cl.Cl.Cl.OCl.[O]=[Rh]. The van der Waals surface area contributed by atoms with Crippen LogP contribution in [0.2, 0.25) is 0 Å². The van der Waals surface area contributed by atoms with Gasteiger partial charge >= 0.3 is 21.8 Å². The van der Waals surface area contributed by atoms with Gasteiger partial charge in [-0.05, 0) is 0 Å². The fourth-order valence-electron chi connectivity index (χ4n) is 0. The average Bonchev–Trinajstić information content (AvgIpc) is 1.50. The van der Waals surface area contributed by atoms with E-state index in [2.05, 4.69) is 11.9 Å². The predicted octanol–water partition coefficient (Wildman–Crippen LogP) is 2.12. The predicted molar refractivity (Wildman–Crippen MR) is 45.0 cm³/mol. The van der Waals surface area contributed by atoms with Crippen LogP contribution >= 0.6 is 73.9 Å². The fraction of sp³-hybridized carbons (Fsp3) is 0. The van der Waals surface area contributed by atoms with Gasteiger partial charge in [0.05, 0.1) is 11.9 Å². The van der Waals surface area contributed by atoms with E-state index in [1.54, 1.807) is 0 Å². The van der Waals surface area contributed by atoms with Crippen molar-refractivity contribution in [3.8, 4) is 0 Å². The van der Waals surface area contributed by atoms with Crippen LogP contribution in [-0.4, -0.2) is 4.66 Å². The zero-order chi connectivity index (χ0) is 4.00. The van der Waals surface area contributed by atoms with Crippen molar-refractivity contribution < 1.29 is 26.5 Å². The molecule has 0 bridgehead atoms. The third-order valence-corrected chi connectivity index (χ3v) is 0. The number of hydrogen-bond acceptors (Lipinski definition) is 2. The molecular weight excluding hydrogens is 348 g/mol. The van der Waals surface area contributed by atoms with Gasteiger partial charge < -0.3 is 0 Å². The van der Waals surface area contributed by atoms with Crippen LogP contribution in [0.1, 0.15) is 0 Å². The van der Waals surface area contributed by atoms with E-state index in [0.29, 0.717) is 0 Å². The first-order chi connectivity index (χ1) is 2.00. The molecule has 0 atom stereocenters. The summed E-state index contributed by atoms with van der Waals surface area (Å²) in [6, 6.07) is 0. The Morgan fingerprint density at radius 3 is 0.778 bits per heavy atom. The third-order valence-electron chi connectivity index (χ3n) is 0. The van der Waals surface area contributed by atoms with Crippen molar-refractivity contribution in [2.75, 3.05) is 0 Å². The molecule has 0 aromatic rings. The van der Waals surface area contributed by atoms with Gasteiger partial charge in [-0.3, -0.25) is 4.66 Å². The number of hydrogen-bond donors (Lipinski definition) is 1. The molecule has 0 heterocycles. The van der Waals surface area contributed by atoms with Crippen LogP contribution in [0.3, 0.4) is 0 Å². The average molecular weight is 354 g/mol. The molecule has 0 saturated carbocycles. The van der Waals surface area contributed by atoms with E-state index in [1.807, 2.05) is 0 Å². The molecule has 0 aromatic heterocycles. The van der Waals surface area contributed by atoms with Crippen LogP contribution in [0.15, 0.2) is 0 Å². The van der Waals surface area contributed by atoms with E-state index in [4.69, 9.17) is 8.23 Å². The molecular formula is H6Cl6O2Rh. The van der Waals surface area contributed by atoms with Gasteiger partial charge in [-0.1, -0.05) is 0 Å². The molecule has 0 radical (unpaired) electrons. The molecule has 0 aromatic carbocycles. The first-order valence-corrected chi connectivity index (χ1v) is 1.31. The van der Waals surface area contributed by atoms with E-state index in [9.17, 15) is 0 Å². The van der Waals surface area contributed by atoms with Crippen molar-refractivity contribution in [2.24, 2.45) is 0 Å². The van der Waals surface area contributed by atoms with Gasteiger partial charge in [0.15, 0.2) is 0 Å². The molecule has 69 valence electrons. The monoisotopic (exact) mass is 351 g/mol. The van der Waals surface area contributed by atoms with Crippen LogP contribution in [0, 0.1) is 0 Å². The van der Waals surface area contributed by atoms with E-state index >= 15 is 0 Å². The topological polar surface area (TPSA) is 37.3 Å². The standard InChI is InChI=1S/ClHO.5ClH.O.Rh/c1-2;;;;;;;/h2H;5*1H;;. The Bertz CT molecular complexity index is 11.0. The second-order valence-electron chi connectivity index (χ2n) is 0. The summed E-state index contributed by atoms with van der Waals surface area (Å²) in [7, 11) is 0. The molecule has 2 nitrogen and oxygen atoms in total. The summed E-state index contributed by atoms with van der Waals surface area (Å²) in [6.45, 7) is 0. The van der Waals surface area contributed by atoms with Crippen molar-refractivity contribution in [3.63, 3.8) is 0 Å². The first kappa shape index (κ1) is 67.0. The molecule has 1 N–H and O–H groups in total. The quantitative estimate of drug-likeness (QED) is 0.677. The van der Waals surface area contributed by atoms with Crippen LogP contribution in [0.4, 0.5) is 0 Å². The maximum atomic E-state index is 8.14. The van der Waals surface area contributed by atoms with Gasteiger partial charge in [0.25, 0.3) is 0 Å². The van der Waals surface area contributed by atoms with Gasteiger partial charge in [0.2, 0.25) is 0 Å². The number of rotatable bonds is 0. The van der Waals surface area contributed by atoms with Crippen molar-refractivity contribution >= 4 is 73.9 Å². The second kappa shape index (κ2) is 187. The molecule has 0 spiro atoms. The van der Waals surface area contributed by atoms with Crippen molar-refractivity contribution in [3.05, 3.63) is 0 Å². The fourth-order valence-corrected chi connectivity index (χ4v) is 0. The summed E-state index contributed by atoms with van der Waals surface area (Å²) < 4.78 is 14.6. The molecule has 0 aliphatic carbocycles. The molecule has 0 rings (SSSR count). The minimum absolute atomic E-state index is 0. The summed E-state index contributed by atoms with van der Waals surface area (Å²) in [6.07, 6.45) is 0. The Morgan fingerprint density at radius 1 is 0.778 bits per heavy atom. The zero-order valence-electron chi connectivity index (χ0n) is 3.61. The minimum atomic E-state index is 0. The second-order valence-corrected chi connectivity index (χ2v) is 0. The Labute approximate surface area is 99.6 Å². The van der Waals surface area contributed by atoms with Crippen LogP contribution in [0.25, 0.3) is 0 Å². The molecule has 0 unspecified atom stereocenters. The van der Waals surface area contributed by atoms with E-state index < -0.39 is 0 Å². The molecule has 0 amide bonds. The third kappa shape index (κ3) is 148. The van der Waals surface area contributed by atoms with Crippen LogP contribution in [0.5, 0.6) is 0 Å². The van der Waals surface area contributed by atoms with Gasteiger partial charge in [-0.15, -0.1) is 62.0 Å². The zero-order valence-corrected chi connectivity index (χ0v) is 10.1. The number of halogens is 6. The van der Waals surface area contributed by atoms with Gasteiger partial charge in [0.1, 0.15) is 0 Å². The van der Waals surface area contributed by atoms with E-state index in [0.717, 1.165) is 0 Å². The molecule has 0 aliphatic rings. The van der Waals surface area contributed by atoms with Crippen molar-refractivity contribution in [2.45, 2.75) is 0 Å². The van der Waals surface area contributed by atoms with E-state index in [1.165, 1.54) is 18.3 Å². The summed E-state index contributed by atoms with van der Waals surface area (Å²) >= 11 is 4.94. The maximum absolute atomic E-state index is 8.14. The normalized spacial score (nSPS) is 1.22. The van der Waals surface area contributed by atoms with Crippen LogP contribution < -0.4 is 0 Å². The van der Waals surface area contributed by atoms with Crippen LogP contribution in [-0.2, 0) is 21.8 Å². The molecule has 9 heteroatoms. The summed E-state index contributed by atoms with van der Waals surface area (Å²) in [4.78, 5) is 0. The summed E-state index contributed by atoms with van der Waals surface area (Å²) in [5.74, 6) is 0. The van der Waals surface area contributed by atoms with Crippen molar-refractivity contribution in [1.29, 1.82) is 0 Å². The summed E-state index contributed by atoms with van der Waals surface area (Å²) in [5.41, 5.74) is 0. The summed E-state index contributed by atoms with van der Waals surface area (Å²) in [5, 5.41) is 0. The molecule has 0 fully saturated rings. The van der Waals surface area contributed by atoms with Gasteiger partial charge in [-0.2, -0.15) is 0 Å². The Balaban J connectivity index is -0.00000000114. The van der Waals surface area contributed by atoms with E-state index in [-0.39, 0.29) is 62.0 Å².